The highest BCUT2D eigenvalue weighted by molar-refractivity contribution is 6.36. The van der Waals surface area contributed by atoms with Crippen LogP contribution in [0, 0.1) is 0 Å². The number of carbonyl (C=O) groups is 4. The van der Waals surface area contributed by atoms with Gasteiger partial charge < -0.3 is 20.9 Å². The van der Waals surface area contributed by atoms with E-state index >= 15 is 0 Å². The summed E-state index contributed by atoms with van der Waals surface area (Å²) in [5, 5.41) is 0. The molecule has 0 aromatic heterocycles. The smallest absolute Gasteiger partial charge is 0.266 e. The molecule has 4 aromatic rings. The zero-order valence-corrected chi connectivity index (χ0v) is 21.4. The molecule has 0 fully saturated rings. The monoisotopic (exact) mass is 534 g/mol. The minimum atomic E-state index is -0.515. The predicted molar refractivity (Wildman–Crippen MR) is 149 cm³/mol. The van der Waals surface area contributed by atoms with Crippen molar-refractivity contribution in [3.05, 3.63) is 95.1 Å². The lowest BCUT2D eigenvalue weighted by Crippen LogP contribution is -2.29. The highest BCUT2D eigenvalue weighted by atomic mass is 16.5. The number of amides is 4. The average Bonchev–Trinajstić information content (AvgIpc) is 3.36. The summed E-state index contributed by atoms with van der Waals surface area (Å²) in [5.74, 6) is -1.43. The predicted octanol–water partition coefficient (Wildman–Crippen LogP) is 4.14. The molecule has 0 bridgehead atoms. The van der Waals surface area contributed by atoms with Crippen molar-refractivity contribution >= 4 is 46.4 Å². The van der Waals surface area contributed by atoms with Crippen molar-refractivity contribution in [1.82, 2.24) is 0 Å². The molecule has 0 aliphatic carbocycles. The van der Waals surface area contributed by atoms with Crippen molar-refractivity contribution in [1.29, 1.82) is 0 Å². The number of nitrogen functional groups attached to an aromatic ring is 2. The molecule has 0 radical (unpaired) electrons. The quantitative estimate of drug-likeness (QED) is 0.287. The molecular formula is C30H22N4O6. The van der Waals surface area contributed by atoms with E-state index in [4.69, 9.17) is 20.9 Å². The molecule has 10 heteroatoms. The third-order valence-corrected chi connectivity index (χ3v) is 7.00. The number of nitrogens with zero attached hydrogens (tertiary/aromatic N) is 2. The number of ether oxygens (including phenoxy) is 2. The van der Waals surface area contributed by atoms with Gasteiger partial charge in [0.05, 0.1) is 47.8 Å². The maximum Gasteiger partial charge on any atom is 0.266 e. The number of anilines is 4. The molecule has 2 aliphatic heterocycles. The fourth-order valence-corrected chi connectivity index (χ4v) is 5.04. The van der Waals surface area contributed by atoms with Gasteiger partial charge in [-0.3, -0.25) is 19.2 Å². The average molecular weight is 535 g/mol. The summed E-state index contributed by atoms with van der Waals surface area (Å²) >= 11 is 0. The Labute approximate surface area is 228 Å². The first-order valence-electron chi connectivity index (χ1n) is 12.2. The van der Waals surface area contributed by atoms with Crippen molar-refractivity contribution in [2.45, 2.75) is 0 Å². The van der Waals surface area contributed by atoms with Crippen molar-refractivity contribution < 1.29 is 28.7 Å². The molecule has 198 valence electrons. The van der Waals surface area contributed by atoms with Crippen molar-refractivity contribution in [2.75, 3.05) is 35.5 Å². The molecule has 40 heavy (non-hydrogen) atoms. The first-order chi connectivity index (χ1) is 19.2. The molecule has 0 spiro atoms. The summed E-state index contributed by atoms with van der Waals surface area (Å²) < 4.78 is 10.7. The molecule has 0 atom stereocenters. The Morgan fingerprint density at radius 2 is 0.875 bits per heavy atom. The van der Waals surface area contributed by atoms with E-state index in [2.05, 4.69) is 0 Å². The van der Waals surface area contributed by atoms with E-state index in [0.29, 0.717) is 34.0 Å². The first-order valence-corrected chi connectivity index (χ1v) is 12.2. The van der Waals surface area contributed by atoms with E-state index in [1.165, 1.54) is 26.4 Å². The molecule has 4 aromatic carbocycles. The van der Waals surface area contributed by atoms with Crippen molar-refractivity contribution in [2.24, 2.45) is 0 Å². The Balaban J connectivity index is 1.36. The van der Waals surface area contributed by atoms with Gasteiger partial charge in [0, 0.05) is 23.5 Å². The SMILES string of the molecule is COc1cc(N)ccc1N1C(=O)c2ccc(-c3ccc4c(c3)C(=O)N(c3ccc(N)cc3OC)C4=O)cc2C1=O. The second-order valence-electron chi connectivity index (χ2n) is 9.27. The molecular weight excluding hydrogens is 512 g/mol. The summed E-state index contributed by atoms with van der Waals surface area (Å²) in [6.45, 7) is 0. The van der Waals surface area contributed by atoms with Gasteiger partial charge in [-0.15, -0.1) is 0 Å². The van der Waals surface area contributed by atoms with Gasteiger partial charge in [0.2, 0.25) is 0 Å². The van der Waals surface area contributed by atoms with Crippen LogP contribution in [-0.2, 0) is 0 Å². The largest absolute Gasteiger partial charge is 0.494 e. The van der Waals surface area contributed by atoms with E-state index in [-0.39, 0.29) is 33.6 Å². The fourth-order valence-electron chi connectivity index (χ4n) is 5.04. The van der Waals surface area contributed by atoms with E-state index < -0.39 is 23.6 Å². The third-order valence-electron chi connectivity index (χ3n) is 7.00. The lowest BCUT2D eigenvalue weighted by molar-refractivity contribution is 0.0909. The van der Waals surface area contributed by atoms with Gasteiger partial charge >= 0.3 is 0 Å². The number of fused-ring (bicyclic) bond motifs is 2. The van der Waals surface area contributed by atoms with Gasteiger partial charge in [0.25, 0.3) is 23.6 Å². The van der Waals surface area contributed by atoms with Gasteiger partial charge in [0.1, 0.15) is 11.5 Å². The van der Waals surface area contributed by atoms with Gasteiger partial charge in [-0.05, 0) is 59.7 Å². The van der Waals surface area contributed by atoms with Gasteiger partial charge in [-0.1, -0.05) is 12.1 Å². The molecule has 10 nitrogen and oxygen atoms in total. The van der Waals surface area contributed by atoms with Crippen LogP contribution in [0.4, 0.5) is 22.7 Å². The van der Waals surface area contributed by atoms with Crippen LogP contribution < -0.4 is 30.7 Å². The Kier molecular flexibility index (Phi) is 5.54. The number of rotatable bonds is 5. The first kappa shape index (κ1) is 24.7. The molecule has 0 saturated carbocycles. The van der Waals surface area contributed by atoms with E-state index in [9.17, 15) is 19.2 Å². The van der Waals surface area contributed by atoms with Gasteiger partial charge in [-0.2, -0.15) is 0 Å². The fraction of sp³-hybridized carbons (Fsp3) is 0.0667. The number of methoxy groups -OCH3 is 2. The summed E-state index contributed by atoms with van der Waals surface area (Å²) in [6, 6.07) is 19.1. The highest BCUT2D eigenvalue weighted by Crippen LogP contribution is 2.39. The third kappa shape index (κ3) is 3.57. The maximum absolute atomic E-state index is 13.4. The lowest BCUT2D eigenvalue weighted by Gasteiger charge is -2.17. The summed E-state index contributed by atoms with van der Waals surface area (Å²) in [6.07, 6.45) is 0. The summed E-state index contributed by atoms with van der Waals surface area (Å²) in [5.41, 5.74) is 15.2. The molecule has 0 unspecified atom stereocenters. The van der Waals surface area contributed by atoms with E-state index in [0.717, 1.165) is 9.80 Å². The Morgan fingerprint density at radius 1 is 0.500 bits per heavy atom. The van der Waals surface area contributed by atoms with Crippen molar-refractivity contribution in [3.63, 3.8) is 0 Å². The standard InChI is InChI=1S/C30H22N4O6/c1-39-25-13-17(31)5-9-23(25)33-27(35)19-7-3-15(11-21(19)29(33)37)16-4-8-20-22(12-16)30(38)34(28(20)36)24-10-6-18(32)14-26(24)40-2/h3-14H,31-32H2,1-2H3. The number of hydrogen-bond acceptors (Lipinski definition) is 8. The Morgan fingerprint density at radius 3 is 1.25 bits per heavy atom. The van der Waals surface area contributed by atoms with Crippen LogP contribution in [0.25, 0.3) is 11.1 Å². The number of benzene rings is 4. The van der Waals surface area contributed by atoms with Crippen LogP contribution in [0.1, 0.15) is 41.4 Å². The Bertz CT molecular complexity index is 1670. The number of carbonyl (C=O) groups excluding carboxylic acids is 4. The minimum Gasteiger partial charge on any atom is -0.494 e. The molecule has 4 N–H and O–H groups in total. The zero-order chi connectivity index (χ0) is 28.3. The highest BCUT2D eigenvalue weighted by Gasteiger charge is 2.40. The molecule has 0 saturated heterocycles. The number of nitrogens with two attached hydrogens (primary N) is 2. The van der Waals surface area contributed by atoms with Gasteiger partial charge in [0.15, 0.2) is 0 Å². The topological polar surface area (TPSA) is 145 Å². The van der Waals surface area contributed by atoms with Crippen LogP contribution in [-0.4, -0.2) is 37.8 Å². The molecule has 6 rings (SSSR count). The maximum atomic E-state index is 13.4. The Hall–Kier alpha value is -5.64. The van der Waals surface area contributed by atoms with Crippen molar-refractivity contribution in [3.8, 4) is 22.6 Å². The van der Waals surface area contributed by atoms with Crippen LogP contribution in [0.5, 0.6) is 11.5 Å². The van der Waals surface area contributed by atoms with Gasteiger partial charge in [-0.25, -0.2) is 9.80 Å². The number of hydrogen-bond donors (Lipinski definition) is 2. The zero-order valence-electron chi connectivity index (χ0n) is 21.4. The summed E-state index contributed by atoms with van der Waals surface area (Å²) in [7, 11) is 2.86. The number of imide groups is 2. The molecule has 4 amide bonds. The molecule has 2 aliphatic rings. The van der Waals surface area contributed by atoms with Crippen LogP contribution in [0.2, 0.25) is 0 Å². The summed E-state index contributed by atoms with van der Waals surface area (Å²) in [4.78, 5) is 55.3. The second kappa shape index (κ2) is 8.98. The van der Waals surface area contributed by atoms with E-state index in [1.807, 2.05) is 0 Å². The second-order valence-corrected chi connectivity index (χ2v) is 9.27. The van der Waals surface area contributed by atoms with Crippen LogP contribution >= 0.6 is 0 Å². The normalized spacial score (nSPS) is 14.1. The minimum absolute atomic E-state index is 0.206. The lowest BCUT2D eigenvalue weighted by atomic mass is 9.97. The van der Waals surface area contributed by atoms with Crippen LogP contribution in [0.3, 0.4) is 0 Å². The van der Waals surface area contributed by atoms with Crippen LogP contribution in [0.15, 0.2) is 72.8 Å². The molecule has 2 heterocycles. The van der Waals surface area contributed by atoms with E-state index in [1.54, 1.807) is 60.7 Å².